The van der Waals surface area contributed by atoms with Gasteiger partial charge in [-0.15, -0.1) is 0 Å². The van der Waals surface area contributed by atoms with Gasteiger partial charge in [0.05, 0.1) is 6.61 Å². The van der Waals surface area contributed by atoms with Crippen molar-refractivity contribution >= 4 is 5.97 Å². The van der Waals surface area contributed by atoms with Crippen LogP contribution in [-0.4, -0.2) is 19.6 Å². The van der Waals surface area contributed by atoms with Crippen LogP contribution in [0, 0.1) is 0 Å². The molecule has 0 saturated carbocycles. The van der Waals surface area contributed by atoms with Gasteiger partial charge in [-0.3, -0.25) is 0 Å². The number of hydrogen-bond acceptors (Lipinski definition) is 3. The molecule has 1 aromatic carbocycles. The van der Waals surface area contributed by atoms with Gasteiger partial charge in [0.15, 0.2) is 0 Å². The Hall–Kier alpha value is -1.35. The van der Waals surface area contributed by atoms with Gasteiger partial charge in [-0.05, 0) is 43.9 Å². The number of likely N-dealkylation sites (N-methyl/N-ethyl adjacent to an activating group) is 1. The molecule has 0 fully saturated rings. The number of fused-ring (bicyclic) bond motifs is 1. The van der Waals surface area contributed by atoms with E-state index < -0.39 is 5.54 Å². The minimum Gasteiger partial charge on any atom is -0.464 e. The highest BCUT2D eigenvalue weighted by atomic mass is 16.5. The number of nitrogens with one attached hydrogen (secondary N) is 1. The van der Waals surface area contributed by atoms with Crippen molar-refractivity contribution in [1.29, 1.82) is 0 Å². The van der Waals surface area contributed by atoms with E-state index in [0.717, 1.165) is 18.4 Å². The lowest BCUT2D eigenvalue weighted by atomic mass is 9.72. The number of esters is 1. The monoisotopic (exact) mass is 247 g/mol. The fourth-order valence-corrected chi connectivity index (χ4v) is 2.87. The summed E-state index contributed by atoms with van der Waals surface area (Å²) in [5.41, 5.74) is 1.66. The van der Waals surface area contributed by atoms with Crippen molar-refractivity contribution in [2.45, 2.75) is 38.1 Å². The minimum absolute atomic E-state index is 0.160. The van der Waals surface area contributed by atoms with Crippen molar-refractivity contribution < 1.29 is 9.53 Å². The van der Waals surface area contributed by atoms with Crippen molar-refractivity contribution in [3.63, 3.8) is 0 Å². The third-order valence-electron chi connectivity index (χ3n) is 3.95. The zero-order chi connectivity index (χ0) is 13.2. The van der Waals surface area contributed by atoms with Crippen LogP contribution in [0.4, 0.5) is 0 Å². The normalized spacial score (nSPS) is 26.5. The second-order valence-corrected chi connectivity index (χ2v) is 4.90. The van der Waals surface area contributed by atoms with Gasteiger partial charge in [-0.2, -0.15) is 0 Å². The number of rotatable bonds is 3. The van der Waals surface area contributed by atoms with E-state index in [2.05, 4.69) is 18.3 Å². The highest BCUT2D eigenvalue weighted by Crippen LogP contribution is 2.41. The van der Waals surface area contributed by atoms with Crippen LogP contribution in [0.25, 0.3) is 0 Å². The maximum absolute atomic E-state index is 12.3. The Labute approximate surface area is 109 Å². The van der Waals surface area contributed by atoms with E-state index >= 15 is 0 Å². The van der Waals surface area contributed by atoms with Crippen LogP contribution in [-0.2, 0) is 15.1 Å². The standard InChI is InChI=1S/C15H21NO2/c1-4-18-14(17)15(16-3)10-9-11(2)12-7-5-6-8-13(12)15/h5-8,11,16H,4,9-10H2,1-3H3. The molecule has 0 spiro atoms. The molecular weight excluding hydrogens is 226 g/mol. The molecule has 0 heterocycles. The maximum Gasteiger partial charge on any atom is 0.330 e. The van der Waals surface area contributed by atoms with Crippen LogP contribution in [0.1, 0.15) is 43.7 Å². The molecular formula is C15H21NO2. The lowest BCUT2D eigenvalue weighted by Gasteiger charge is -2.39. The third kappa shape index (κ3) is 1.93. The van der Waals surface area contributed by atoms with E-state index in [9.17, 15) is 4.79 Å². The van der Waals surface area contributed by atoms with E-state index in [0.29, 0.717) is 12.5 Å². The molecule has 0 bridgehead atoms. The van der Waals surface area contributed by atoms with Crippen molar-refractivity contribution in [2.24, 2.45) is 0 Å². The number of benzene rings is 1. The lowest BCUT2D eigenvalue weighted by molar-refractivity contribution is -0.152. The summed E-state index contributed by atoms with van der Waals surface area (Å²) in [6, 6.07) is 8.18. The first-order valence-electron chi connectivity index (χ1n) is 6.61. The summed E-state index contributed by atoms with van der Waals surface area (Å²) < 4.78 is 5.27. The SMILES string of the molecule is CCOC(=O)C1(NC)CCC(C)c2ccccc21. The molecule has 2 atom stereocenters. The molecule has 0 radical (unpaired) electrons. The van der Waals surface area contributed by atoms with Crippen molar-refractivity contribution in [3.05, 3.63) is 35.4 Å². The molecule has 0 amide bonds. The summed E-state index contributed by atoms with van der Waals surface area (Å²) in [4.78, 5) is 12.3. The molecule has 18 heavy (non-hydrogen) atoms. The number of ether oxygens (including phenoxy) is 1. The van der Waals surface area contributed by atoms with E-state index in [4.69, 9.17) is 4.74 Å². The molecule has 0 aromatic heterocycles. The zero-order valence-electron chi connectivity index (χ0n) is 11.3. The molecule has 98 valence electrons. The average molecular weight is 247 g/mol. The van der Waals surface area contributed by atoms with Gasteiger partial charge in [0.1, 0.15) is 5.54 Å². The Balaban J connectivity index is 2.50. The highest BCUT2D eigenvalue weighted by molar-refractivity contribution is 5.83. The van der Waals surface area contributed by atoms with Gasteiger partial charge in [0.25, 0.3) is 0 Å². The van der Waals surface area contributed by atoms with E-state index in [1.54, 1.807) is 0 Å². The van der Waals surface area contributed by atoms with Gasteiger partial charge >= 0.3 is 5.97 Å². The van der Waals surface area contributed by atoms with Crippen LogP contribution >= 0.6 is 0 Å². The maximum atomic E-state index is 12.3. The van der Waals surface area contributed by atoms with Crippen LogP contribution in [0.2, 0.25) is 0 Å². The molecule has 1 aliphatic carbocycles. The van der Waals surface area contributed by atoms with Crippen LogP contribution < -0.4 is 5.32 Å². The first-order valence-corrected chi connectivity index (χ1v) is 6.61. The van der Waals surface area contributed by atoms with E-state index in [1.807, 2.05) is 32.2 Å². The molecule has 1 aliphatic rings. The first-order chi connectivity index (χ1) is 8.65. The Morgan fingerprint density at radius 3 is 2.89 bits per heavy atom. The summed E-state index contributed by atoms with van der Waals surface area (Å²) in [5.74, 6) is 0.337. The Morgan fingerprint density at radius 2 is 2.22 bits per heavy atom. The van der Waals surface area contributed by atoms with Crippen LogP contribution in [0.3, 0.4) is 0 Å². The smallest absolute Gasteiger partial charge is 0.330 e. The lowest BCUT2D eigenvalue weighted by Crippen LogP contribution is -2.50. The summed E-state index contributed by atoms with van der Waals surface area (Å²) in [5, 5.41) is 3.20. The predicted octanol–water partition coefficient (Wildman–Crippen LogP) is 2.56. The molecule has 3 heteroatoms. The summed E-state index contributed by atoms with van der Waals surface area (Å²) in [6.07, 6.45) is 1.79. The second-order valence-electron chi connectivity index (χ2n) is 4.90. The Morgan fingerprint density at radius 1 is 1.50 bits per heavy atom. The van der Waals surface area contributed by atoms with Gasteiger partial charge in [-0.1, -0.05) is 31.2 Å². The quantitative estimate of drug-likeness (QED) is 0.834. The highest BCUT2D eigenvalue weighted by Gasteiger charge is 2.44. The predicted molar refractivity (Wildman–Crippen MR) is 71.5 cm³/mol. The number of carbonyl (C=O) groups excluding carboxylic acids is 1. The van der Waals surface area contributed by atoms with Crippen molar-refractivity contribution in [3.8, 4) is 0 Å². The van der Waals surface area contributed by atoms with Crippen molar-refractivity contribution in [1.82, 2.24) is 5.32 Å². The Kier molecular flexibility index (Phi) is 3.71. The largest absolute Gasteiger partial charge is 0.464 e. The van der Waals surface area contributed by atoms with Gasteiger partial charge in [-0.25, -0.2) is 4.79 Å². The molecule has 2 unspecified atom stereocenters. The molecule has 1 N–H and O–H groups in total. The number of hydrogen-bond donors (Lipinski definition) is 1. The fraction of sp³-hybridized carbons (Fsp3) is 0.533. The fourth-order valence-electron chi connectivity index (χ4n) is 2.87. The van der Waals surface area contributed by atoms with Crippen LogP contribution in [0.15, 0.2) is 24.3 Å². The first kappa shape index (κ1) is 13.1. The van der Waals surface area contributed by atoms with Gasteiger partial charge < -0.3 is 10.1 Å². The van der Waals surface area contributed by atoms with E-state index in [1.165, 1.54) is 5.56 Å². The second kappa shape index (κ2) is 5.11. The zero-order valence-corrected chi connectivity index (χ0v) is 11.3. The molecule has 2 rings (SSSR count). The molecule has 1 aromatic rings. The minimum atomic E-state index is -0.668. The Bertz CT molecular complexity index is 444. The number of carbonyl (C=O) groups is 1. The van der Waals surface area contributed by atoms with Crippen LogP contribution in [0.5, 0.6) is 0 Å². The van der Waals surface area contributed by atoms with Crippen molar-refractivity contribution in [2.75, 3.05) is 13.7 Å². The topological polar surface area (TPSA) is 38.3 Å². The average Bonchev–Trinajstić information content (AvgIpc) is 2.40. The van der Waals surface area contributed by atoms with E-state index in [-0.39, 0.29) is 5.97 Å². The third-order valence-corrected chi connectivity index (χ3v) is 3.95. The van der Waals surface area contributed by atoms with Gasteiger partial charge in [0.2, 0.25) is 0 Å². The summed E-state index contributed by atoms with van der Waals surface area (Å²) in [7, 11) is 1.84. The summed E-state index contributed by atoms with van der Waals surface area (Å²) >= 11 is 0. The molecule has 0 saturated heterocycles. The van der Waals surface area contributed by atoms with Gasteiger partial charge in [0, 0.05) is 0 Å². The molecule has 3 nitrogen and oxygen atoms in total. The summed E-state index contributed by atoms with van der Waals surface area (Å²) in [6.45, 7) is 4.47. The molecule has 0 aliphatic heterocycles.